The minimum atomic E-state index is 0.499. The molecule has 0 N–H and O–H groups in total. The number of hydrogen-bond acceptors (Lipinski definition) is 3. The molecule has 1 saturated heterocycles. The smallest absolute Gasteiger partial charge is 0.162 e. The van der Waals surface area contributed by atoms with Crippen LogP contribution in [0.3, 0.4) is 0 Å². The number of rotatable bonds is 3. The van der Waals surface area contributed by atoms with Crippen LogP contribution in [0, 0.1) is 0 Å². The summed E-state index contributed by atoms with van der Waals surface area (Å²) in [7, 11) is 0. The maximum Gasteiger partial charge on any atom is 0.162 e. The SMILES string of the molecule is C[C@H](c1ccc(-c2cnn3cccnc23)cc1)N1CCCC1. The van der Waals surface area contributed by atoms with Crippen molar-refractivity contribution in [2.75, 3.05) is 13.1 Å². The molecule has 4 heteroatoms. The third kappa shape index (κ3) is 2.29. The second kappa shape index (κ2) is 5.54. The fraction of sp³-hybridized carbons (Fsp3) is 0.333. The van der Waals surface area contributed by atoms with Crippen LogP contribution in [0.15, 0.2) is 48.9 Å². The van der Waals surface area contributed by atoms with Crippen LogP contribution in [0.1, 0.15) is 31.4 Å². The lowest BCUT2D eigenvalue weighted by Crippen LogP contribution is -2.23. The zero-order valence-electron chi connectivity index (χ0n) is 12.8. The van der Waals surface area contributed by atoms with Gasteiger partial charge in [-0.25, -0.2) is 9.50 Å². The van der Waals surface area contributed by atoms with Gasteiger partial charge in [0.15, 0.2) is 5.65 Å². The van der Waals surface area contributed by atoms with Gasteiger partial charge in [0.1, 0.15) is 0 Å². The van der Waals surface area contributed by atoms with E-state index < -0.39 is 0 Å². The minimum absolute atomic E-state index is 0.499. The quantitative estimate of drug-likeness (QED) is 0.740. The van der Waals surface area contributed by atoms with E-state index in [1.807, 2.05) is 29.2 Å². The highest BCUT2D eigenvalue weighted by Gasteiger charge is 2.19. The summed E-state index contributed by atoms with van der Waals surface area (Å²) in [6.07, 6.45) is 8.29. The molecule has 1 aliphatic rings. The zero-order valence-corrected chi connectivity index (χ0v) is 12.8. The van der Waals surface area contributed by atoms with E-state index in [1.165, 1.54) is 37.1 Å². The number of hydrogen-bond donors (Lipinski definition) is 0. The summed E-state index contributed by atoms with van der Waals surface area (Å²) >= 11 is 0. The molecular formula is C18H20N4. The van der Waals surface area contributed by atoms with Gasteiger partial charge in [-0.1, -0.05) is 24.3 Å². The molecule has 0 aliphatic carbocycles. The molecule has 1 fully saturated rings. The van der Waals surface area contributed by atoms with Crippen LogP contribution in [-0.4, -0.2) is 32.6 Å². The Morgan fingerprint density at radius 2 is 1.86 bits per heavy atom. The van der Waals surface area contributed by atoms with Gasteiger partial charge in [0.2, 0.25) is 0 Å². The third-order valence-corrected chi connectivity index (χ3v) is 4.67. The zero-order chi connectivity index (χ0) is 14.9. The summed E-state index contributed by atoms with van der Waals surface area (Å²) in [5, 5.41) is 4.36. The molecule has 0 unspecified atom stereocenters. The number of fused-ring (bicyclic) bond motifs is 1. The average molecular weight is 292 g/mol. The largest absolute Gasteiger partial charge is 0.297 e. The second-order valence-electron chi connectivity index (χ2n) is 5.99. The van der Waals surface area contributed by atoms with Crippen LogP contribution in [-0.2, 0) is 0 Å². The first kappa shape index (κ1) is 13.5. The van der Waals surface area contributed by atoms with Gasteiger partial charge in [-0.05, 0) is 50.0 Å². The molecule has 0 amide bonds. The highest BCUT2D eigenvalue weighted by molar-refractivity contribution is 5.76. The fourth-order valence-corrected chi connectivity index (χ4v) is 3.31. The van der Waals surface area contributed by atoms with Crippen molar-refractivity contribution in [3.05, 3.63) is 54.5 Å². The van der Waals surface area contributed by atoms with Crippen molar-refractivity contribution in [1.29, 1.82) is 0 Å². The van der Waals surface area contributed by atoms with E-state index in [9.17, 15) is 0 Å². The van der Waals surface area contributed by atoms with E-state index >= 15 is 0 Å². The lowest BCUT2D eigenvalue weighted by Gasteiger charge is -2.24. The molecular weight excluding hydrogens is 272 g/mol. The van der Waals surface area contributed by atoms with Gasteiger partial charge in [-0.15, -0.1) is 0 Å². The van der Waals surface area contributed by atoms with E-state index in [4.69, 9.17) is 0 Å². The molecule has 0 bridgehead atoms. The monoisotopic (exact) mass is 292 g/mol. The van der Waals surface area contributed by atoms with Gasteiger partial charge in [0, 0.05) is 24.0 Å². The molecule has 1 aliphatic heterocycles. The maximum atomic E-state index is 4.43. The Balaban J connectivity index is 1.64. The van der Waals surface area contributed by atoms with Crippen molar-refractivity contribution in [3.8, 4) is 11.1 Å². The number of aromatic nitrogens is 3. The Morgan fingerprint density at radius 1 is 1.09 bits per heavy atom. The Kier molecular flexibility index (Phi) is 3.39. The molecule has 112 valence electrons. The molecule has 0 radical (unpaired) electrons. The summed E-state index contributed by atoms with van der Waals surface area (Å²) in [6.45, 7) is 4.75. The topological polar surface area (TPSA) is 33.4 Å². The predicted molar refractivity (Wildman–Crippen MR) is 87.6 cm³/mol. The van der Waals surface area contributed by atoms with E-state index in [1.54, 1.807) is 0 Å². The van der Waals surface area contributed by atoms with Crippen LogP contribution in [0.25, 0.3) is 16.8 Å². The minimum Gasteiger partial charge on any atom is -0.297 e. The molecule has 1 atom stereocenters. The molecule has 1 aromatic carbocycles. The Bertz CT molecular complexity index is 769. The fourth-order valence-electron chi connectivity index (χ4n) is 3.31. The summed E-state index contributed by atoms with van der Waals surface area (Å²) < 4.78 is 1.82. The van der Waals surface area contributed by atoms with Gasteiger partial charge < -0.3 is 0 Å². The predicted octanol–water partition coefficient (Wildman–Crippen LogP) is 3.55. The van der Waals surface area contributed by atoms with Crippen LogP contribution in [0.2, 0.25) is 0 Å². The van der Waals surface area contributed by atoms with Crippen molar-refractivity contribution >= 4 is 5.65 Å². The Morgan fingerprint density at radius 3 is 2.64 bits per heavy atom. The van der Waals surface area contributed by atoms with Crippen LogP contribution in [0.4, 0.5) is 0 Å². The summed E-state index contributed by atoms with van der Waals surface area (Å²) in [5.74, 6) is 0. The maximum absolute atomic E-state index is 4.43. The van der Waals surface area contributed by atoms with Crippen LogP contribution < -0.4 is 0 Å². The second-order valence-corrected chi connectivity index (χ2v) is 5.99. The Labute approximate surface area is 130 Å². The van der Waals surface area contributed by atoms with Crippen LogP contribution in [0.5, 0.6) is 0 Å². The summed E-state index contributed by atoms with van der Waals surface area (Å²) in [5.41, 5.74) is 4.55. The number of nitrogens with zero attached hydrogens (tertiary/aromatic N) is 4. The lowest BCUT2D eigenvalue weighted by molar-refractivity contribution is 0.263. The van der Waals surface area contributed by atoms with Gasteiger partial charge >= 0.3 is 0 Å². The molecule has 3 heterocycles. The van der Waals surface area contributed by atoms with Gasteiger partial charge in [0.05, 0.1) is 6.20 Å². The lowest BCUT2D eigenvalue weighted by atomic mass is 10.0. The number of likely N-dealkylation sites (tertiary alicyclic amines) is 1. The standard InChI is InChI=1S/C18H20N4/c1-14(21-10-2-3-11-21)15-5-7-16(8-6-15)17-13-20-22-12-4-9-19-18(17)22/h4-9,12-14H,2-3,10-11H2,1H3/t14-/m1/s1. The molecule has 3 aromatic rings. The van der Waals surface area contributed by atoms with E-state index in [0.29, 0.717) is 6.04 Å². The van der Waals surface area contributed by atoms with Gasteiger partial charge in [-0.2, -0.15) is 5.10 Å². The van der Waals surface area contributed by atoms with E-state index in [2.05, 4.69) is 46.2 Å². The van der Waals surface area contributed by atoms with Crippen molar-refractivity contribution in [2.45, 2.75) is 25.8 Å². The van der Waals surface area contributed by atoms with Crippen molar-refractivity contribution in [1.82, 2.24) is 19.5 Å². The molecule has 0 spiro atoms. The summed E-state index contributed by atoms with van der Waals surface area (Å²) in [4.78, 5) is 6.99. The molecule has 22 heavy (non-hydrogen) atoms. The first-order valence-electron chi connectivity index (χ1n) is 7.96. The summed E-state index contributed by atoms with van der Waals surface area (Å²) in [6, 6.07) is 11.2. The molecule has 2 aromatic heterocycles. The van der Waals surface area contributed by atoms with Gasteiger partial charge in [-0.3, -0.25) is 4.90 Å². The number of benzene rings is 1. The molecule has 0 saturated carbocycles. The van der Waals surface area contributed by atoms with Crippen molar-refractivity contribution < 1.29 is 0 Å². The van der Waals surface area contributed by atoms with Crippen molar-refractivity contribution in [3.63, 3.8) is 0 Å². The van der Waals surface area contributed by atoms with Gasteiger partial charge in [0.25, 0.3) is 0 Å². The van der Waals surface area contributed by atoms with Crippen LogP contribution >= 0.6 is 0 Å². The van der Waals surface area contributed by atoms with E-state index in [-0.39, 0.29) is 0 Å². The Hall–Kier alpha value is -2.20. The van der Waals surface area contributed by atoms with E-state index in [0.717, 1.165) is 11.2 Å². The molecule has 4 rings (SSSR count). The highest BCUT2D eigenvalue weighted by atomic mass is 15.2. The highest BCUT2D eigenvalue weighted by Crippen LogP contribution is 2.28. The van der Waals surface area contributed by atoms with Crippen molar-refractivity contribution in [2.24, 2.45) is 0 Å². The average Bonchev–Trinajstić information content (AvgIpc) is 3.24. The first-order valence-corrected chi connectivity index (χ1v) is 7.96. The first-order chi connectivity index (χ1) is 10.8. The normalized spacial score (nSPS) is 17.1. The molecule has 4 nitrogen and oxygen atoms in total. The third-order valence-electron chi connectivity index (χ3n) is 4.67.